The maximum Gasteiger partial charge on any atom is 0.224 e. The Labute approximate surface area is 131 Å². The van der Waals surface area contributed by atoms with Gasteiger partial charge in [-0.1, -0.05) is 28.1 Å². The third kappa shape index (κ3) is 4.35. The molecule has 0 bridgehead atoms. The molecule has 2 rings (SSSR count). The zero-order valence-electron chi connectivity index (χ0n) is 10.9. The van der Waals surface area contributed by atoms with Gasteiger partial charge in [-0.05, 0) is 48.6 Å². The molecule has 1 aromatic heterocycles. The van der Waals surface area contributed by atoms with Gasteiger partial charge in [0, 0.05) is 11.0 Å². The maximum atomic E-state index is 5.80. The van der Waals surface area contributed by atoms with Gasteiger partial charge in [0.1, 0.15) is 0 Å². The number of unbranched alkanes of at least 4 members (excludes halogenated alkanes) is 1. The van der Waals surface area contributed by atoms with E-state index in [1.54, 1.807) is 0 Å². The van der Waals surface area contributed by atoms with Gasteiger partial charge in [0.15, 0.2) is 5.82 Å². The maximum absolute atomic E-state index is 5.80. The number of nitrogens with two attached hydrogens (primary N) is 1. The molecule has 0 amide bonds. The number of hydrogen-bond acceptors (Lipinski definition) is 4. The number of hydrogen-bond donors (Lipinski definition) is 2. The molecule has 0 saturated carbocycles. The van der Waals surface area contributed by atoms with Gasteiger partial charge in [-0.3, -0.25) is 0 Å². The van der Waals surface area contributed by atoms with Crippen LogP contribution in [-0.2, 0) is 6.42 Å². The fourth-order valence-corrected chi connectivity index (χ4v) is 2.31. The highest BCUT2D eigenvalue weighted by Gasteiger charge is 2.03. The van der Waals surface area contributed by atoms with Gasteiger partial charge in [0.2, 0.25) is 5.28 Å². The Morgan fingerprint density at radius 2 is 1.95 bits per heavy atom. The summed E-state index contributed by atoms with van der Waals surface area (Å²) >= 11 is 9.20. The highest BCUT2D eigenvalue weighted by atomic mass is 79.9. The van der Waals surface area contributed by atoms with E-state index in [4.69, 9.17) is 17.3 Å². The Hall–Kier alpha value is -1.33. The first-order valence-corrected chi connectivity index (χ1v) is 7.89. The van der Waals surface area contributed by atoms with E-state index in [1.807, 2.05) is 12.1 Å². The highest BCUT2D eigenvalue weighted by molar-refractivity contribution is 9.09. The van der Waals surface area contributed by atoms with E-state index in [0.717, 1.165) is 17.4 Å². The fourth-order valence-electron chi connectivity index (χ4n) is 1.78. The van der Waals surface area contributed by atoms with Crippen molar-refractivity contribution in [2.45, 2.75) is 19.3 Å². The molecule has 106 valence electrons. The Morgan fingerprint density at radius 1 is 1.20 bits per heavy atom. The van der Waals surface area contributed by atoms with Crippen LogP contribution < -0.4 is 11.1 Å². The van der Waals surface area contributed by atoms with Crippen LogP contribution in [-0.4, -0.2) is 15.3 Å². The SMILES string of the molecule is Nc1cnc(Cl)nc1Nc1ccc(CCCCBr)cc1. The summed E-state index contributed by atoms with van der Waals surface area (Å²) in [6.07, 6.45) is 4.96. The van der Waals surface area contributed by atoms with E-state index in [9.17, 15) is 0 Å². The molecule has 0 spiro atoms. The Balaban J connectivity index is 2.01. The molecule has 0 unspecified atom stereocenters. The number of anilines is 3. The van der Waals surface area contributed by atoms with Gasteiger partial charge < -0.3 is 11.1 Å². The van der Waals surface area contributed by atoms with Crippen molar-refractivity contribution in [1.29, 1.82) is 0 Å². The molecule has 1 aromatic carbocycles. The van der Waals surface area contributed by atoms with Crippen molar-refractivity contribution >= 4 is 44.7 Å². The van der Waals surface area contributed by atoms with E-state index in [1.165, 1.54) is 24.6 Å². The Kier molecular flexibility index (Phi) is 5.61. The van der Waals surface area contributed by atoms with Crippen LogP contribution in [0.1, 0.15) is 18.4 Å². The summed E-state index contributed by atoms with van der Waals surface area (Å²) < 4.78 is 0. The lowest BCUT2D eigenvalue weighted by Crippen LogP contribution is -2.00. The third-order valence-electron chi connectivity index (χ3n) is 2.85. The van der Waals surface area contributed by atoms with Crippen molar-refractivity contribution in [3.8, 4) is 0 Å². The first kappa shape index (κ1) is 15.1. The Morgan fingerprint density at radius 3 is 2.65 bits per heavy atom. The first-order chi connectivity index (χ1) is 9.69. The number of nitrogen functional groups attached to an aromatic ring is 1. The topological polar surface area (TPSA) is 63.8 Å². The van der Waals surface area contributed by atoms with Crippen LogP contribution in [0.25, 0.3) is 0 Å². The molecule has 0 aliphatic rings. The zero-order chi connectivity index (χ0) is 14.4. The second-order valence-electron chi connectivity index (χ2n) is 4.41. The van der Waals surface area contributed by atoms with Crippen molar-refractivity contribution in [3.05, 3.63) is 41.3 Å². The molecular formula is C14H16BrClN4. The quantitative estimate of drug-likeness (QED) is 0.463. The second-order valence-corrected chi connectivity index (χ2v) is 5.54. The minimum atomic E-state index is 0.174. The average molecular weight is 356 g/mol. The van der Waals surface area contributed by atoms with Gasteiger partial charge in [0.25, 0.3) is 0 Å². The van der Waals surface area contributed by atoms with Crippen molar-refractivity contribution in [3.63, 3.8) is 0 Å². The third-order valence-corrected chi connectivity index (χ3v) is 3.60. The lowest BCUT2D eigenvalue weighted by atomic mass is 10.1. The number of aromatic nitrogens is 2. The smallest absolute Gasteiger partial charge is 0.224 e. The van der Waals surface area contributed by atoms with Crippen LogP contribution in [0.4, 0.5) is 17.2 Å². The van der Waals surface area contributed by atoms with Crippen LogP contribution >= 0.6 is 27.5 Å². The van der Waals surface area contributed by atoms with Crippen LogP contribution in [0.3, 0.4) is 0 Å². The van der Waals surface area contributed by atoms with Crippen molar-refractivity contribution in [1.82, 2.24) is 9.97 Å². The van der Waals surface area contributed by atoms with Crippen LogP contribution in [0.2, 0.25) is 5.28 Å². The summed E-state index contributed by atoms with van der Waals surface area (Å²) in [6.45, 7) is 0. The summed E-state index contributed by atoms with van der Waals surface area (Å²) in [4.78, 5) is 7.89. The van der Waals surface area contributed by atoms with E-state index < -0.39 is 0 Å². The summed E-state index contributed by atoms with van der Waals surface area (Å²) in [5, 5.41) is 4.37. The highest BCUT2D eigenvalue weighted by Crippen LogP contribution is 2.21. The molecule has 20 heavy (non-hydrogen) atoms. The molecule has 0 aliphatic heterocycles. The summed E-state index contributed by atoms with van der Waals surface area (Å²) in [7, 11) is 0. The molecule has 3 N–H and O–H groups in total. The predicted octanol–water partition coefficient (Wildman–Crippen LogP) is 4.17. The summed E-state index contributed by atoms with van der Waals surface area (Å²) in [6, 6.07) is 8.24. The van der Waals surface area contributed by atoms with Gasteiger partial charge in [-0.25, -0.2) is 4.98 Å². The average Bonchev–Trinajstić information content (AvgIpc) is 2.45. The first-order valence-electron chi connectivity index (χ1n) is 6.39. The number of rotatable bonds is 6. The summed E-state index contributed by atoms with van der Waals surface area (Å²) in [5.74, 6) is 0.525. The van der Waals surface area contributed by atoms with E-state index in [-0.39, 0.29) is 5.28 Å². The normalized spacial score (nSPS) is 10.5. The molecule has 0 aliphatic carbocycles. The molecule has 0 radical (unpaired) electrons. The number of halogens is 2. The van der Waals surface area contributed by atoms with Crippen LogP contribution in [0.5, 0.6) is 0 Å². The number of nitrogens with one attached hydrogen (secondary N) is 1. The minimum absolute atomic E-state index is 0.174. The lowest BCUT2D eigenvalue weighted by molar-refractivity contribution is 0.806. The van der Waals surface area contributed by atoms with Crippen molar-refractivity contribution < 1.29 is 0 Å². The van der Waals surface area contributed by atoms with Gasteiger partial charge >= 0.3 is 0 Å². The van der Waals surface area contributed by atoms with Crippen LogP contribution in [0.15, 0.2) is 30.5 Å². The predicted molar refractivity (Wildman–Crippen MR) is 87.9 cm³/mol. The molecule has 0 fully saturated rings. The number of nitrogens with zero attached hydrogens (tertiary/aromatic N) is 2. The Bertz CT molecular complexity index is 560. The standard InChI is InChI=1S/C14H16BrClN4/c15-8-2-1-3-10-4-6-11(7-5-10)19-13-12(17)9-18-14(16)20-13/h4-7,9H,1-3,8,17H2,(H,18,19,20). The monoisotopic (exact) mass is 354 g/mol. The number of aryl methyl sites for hydroxylation is 1. The van der Waals surface area contributed by atoms with Crippen molar-refractivity contribution in [2.24, 2.45) is 0 Å². The molecule has 4 nitrogen and oxygen atoms in total. The molecule has 1 heterocycles. The fraction of sp³-hybridized carbons (Fsp3) is 0.286. The van der Waals surface area contributed by atoms with E-state index in [2.05, 4.69) is 43.3 Å². The van der Waals surface area contributed by atoms with Gasteiger partial charge in [-0.2, -0.15) is 4.98 Å². The molecule has 2 aromatic rings. The second kappa shape index (κ2) is 7.45. The van der Waals surface area contributed by atoms with Gasteiger partial charge in [-0.15, -0.1) is 0 Å². The molecule has 0 saturated heterocycles. The van der Waals surface area contributed by atoms with E-state index in [0.29, 0.717) is 11.5 Å². The summed E-state index contributed by atoms with van der Waals surface area (Å²) in [5.41, 5.74) is 8.52. The molecule has 6 heteroatoms. The van der Waals surface area contributed by atoms with Crippen molar-refractivity contribution in [2.75, 3.05) is 16.4 Å². The molecular weight excluding hydrogens is 340 g/mol. The van der Waals surface area contributed by atoms with E-state index >= 15 is 0 Å². The van der Waals surface area contributed by atoms with Crippen LogP contribution in [0, 0.1) is 0 Å². The number of benzene rings is 1. The largest absolute Gasteiger partial charge is 0.394 e. The van der Waals surface area contributed by atoms with Gasteiger partial charge in [0.05, 0.1) is 11.9 Å². The lowest BCUT2D eigenvalue weighted by Gasteiger charge is -2.09. The zero-order valence-corrected chi connectivity index (χ0v) is 13.3. The minimum Gasteiger partial charge on any atom is -0.394 e. The number of alkyl halides is 1. The molecule has 0 atom stereocenters.